The van der Waals surface area contributed by atoms with E-state index in [-0.39, 0.29) is 5.91 Å². The Kier molecular flexibility index (Phi) is 4.10. The average Bonchev–Trinajstić information content (AvgIpc) is 2.39. The van der Waals surface area contributed by atoms with Crippen LogP contribution in [0.4, 0.5) is 17.1 Å². The van der Waals surface area contributed by atoms with E-state index in [4.69, 9.17) is 16.2 Å². The molecule has 5 nitrogen and oxygen atoms in total. The van der Waals surface area contributed by atoms with Gasteiger partial charge in [0.25, 0.3) is 5.91 Å². The Morgan fingerprint density at radius 1 is 1.20 bits per heavy atom. The van der Waals surface area contributed by atoms with Crippen LogP contribution in [0.3, 0.4) is 0 Å². The zero-order valence-corrected chi connectivity index (χ0v) is 11.2. The van der Waals surface area contributed by atoms with E-state index in [9.17, 15) is 4.79 Å². The first-order valence-corrected chi connectivity index (χ1v) is 6.29. The molecule has 5 heteroatoms. The molecule has 2 aromatic rings. The molecule has 5 N–H and O–H groups in total. The molecule has 20 heavy (non-hydrogen) atoms. The lowest BCUT2D eigenvalue weighted by molar-refractivity contribution is 0.102. The molecule has 0 aliphatic carbocycles. The number of carbonyl (C=O) groups is 1. The molecule has 0 fully saturated rings. The van der Waals surface area contributed by atoms with Crippen molar-refractivity contribution >= 4 is 23.0 Å². The average molecular weight is 271 g/mol. The summed E-state index contributed by atoms with van der Waals surface area (Å²) in [5.74, 6) is 0.423. The number of nitrogens with two attached hydrogens (primary N) is 2. The van der Waals surface area contributed by atoms with E-state index >= 15 is 0 Å². The van der Waals surface area contributed by atoms with Crippen LogP contribution in [0, 0.1) is 0 Å². The number of anilines is 3. The van der Waals surface area contributed by atoms with Crippen molar-refractivity contribution in [1.82, 2.24) is 0 Å². The maximum absolute atomic E-state index is 12.1. The summed E-state index contributed by atoms with van der Waals surface area (Å²) in [6, 6.07) is 12.0. The quantitative estimate of drug-likeness (QED) is 0.745. The van der Waals surface area contributed by atoms with Gasteiger partial charge in [-0.25, -0.2) is 0 Å². The van der Waals surface area contributed by atoms with Gasteiger partial charge < -0.3 is 21.5 Å². The van der Waals surface area contributed by atoms with Gasteiger partial charge in [0.05, 0.1) is 12.2 Å². The Bertz CT molecular complexity index is 626. The third kappa shape index (κ3) is 3.20. The van der Waals surface area contributed by atoms with Crippen LogP contribution in [0.2, 0.25) is 0 Å². The minimum absolute atomic E-state index is 0.281. The highest BCUT2D eigenvalue weighted by Crippen LogP contribution is 2.20. The molecule has 1 amide bonds. The highest BCUT2D eigenvalue weighted by Gasteiger charge is 2.10. The van der Waals surface area contributed by atoms with Crippen LogP contribution in [0.25, 0.3) is 0 Å². The molecule has 0 spiro atoms. The fraction of sp³-hybridized carbons (Fsp3) is 0.133. The number of hydrogen-bond donors (Lipinski definition) is 3. The van der Waals surface area contributed by atoms with Gasteiger partial charge in [-0.15, -0.1) is 0 Å². The monoisotopic (exact) mass is 271 g/mol. The Morgan fingerprint density at radius 3 is 2.70 bits per heavy atom. The molecule has 0 bridgehead atoms. The summed E-state index contributed by atoms with van der Waals surface area (Å²) < 4.78 is 5.38. The molecular formula is C15H17N3O2. The lowest BCUT2D eigenvalue weighted by Crippen LogP contribution is -2.14. The van der Waals surface area contributed by atoms with Gasteiger partial charge >= 0.3 is 0 Å². The Morgan fingerprint density at radius 2 is 2.00 bits per heavy atom. The zero-order valence-electron chi connectivity index (χ0n) is 11.2. The number of benzene rings is 2. The zero-order chi connectivity index (χ0) is 14.5. The third-order valence-electron chi connectivity index (χ3n) is 2.72. The van der Waals surface area contributed by atoms with Crippen molar-refractivity contribution < 1.29 is 9.53 Å². The number of carbonyl (C=O) groups excluding carboxylic acids is 1. The minimum Gasteiger partial charge on any atom is -0.494 e. The maximum Gasteiger partial charge on any atom is 0.257 e. The SMILES string of the molecule is CCOc1cccc(NC(=O)c2ccc(N)cc2N)c1. The van der Waals surface area contributed by atoms with E-state index in [0.717, 1.165) is 0 Å². The Hall–Kier alpha value is -2.69. The number of amides is 1. The van der Waals surface area contributed by atoms with Gasteiger partial charge in [-0.2, -0.15) is 0 Å². The van der Waals surface area contributed by atoms with Gasteiger partial charge in [0, 0.05) is 23.1 Å². The highest BCUT2D eigenvalue weighted by atomic mass is 16.5. The molecule has 0 aliphatic rings. The predicted molar refractivity (Wildman–Crippen MR) is 80.8 cm³/mol. The smallest absolute Gasteiger partial charge is 0.257 e. The molecule has 0 saturated carbocycles. The van der Waals surface area contributed by atoms with Crippen molar-refractivity contribution in [3.05, 3.63) is 48.0 Å². The molecule has 104 valence electrons. The van der Waals surface area contributed by atoms with E-state index in [1.165, 1.54) is 0 Å². The van der Waals surface area contributed by atoms with Crippen LogP contribution in [0.1, 0.15) is 17.3 Å². The normalized spacial score (nSPS) is 10.1. The van der Waals surface area contributed by atoms with Gasteiger partial charge in [-0.05, 0) is 37.3 Å². The predicted octanol–water partition coefficient (Wildman–Crippen LogP) is 2.50. The Labute approximate surface area is 117 Å². The molecule has 0 aliphatic heterocycles. The van der Waals surface area contributed by atoms with Crippen LogP contribution in [0.5, 0.6) is 5.75 Å². The standard InChI is InChI=1S/C15H17N3O2/c1-2-20-12-5-3-4-11(9-12)18-15(19)13-7-6-10(16)8-14(13)17/h3-9H,2,16-17H2,1H3,(H,18,19). The van der Waals surface area contributed by atoms with Crippen LogP contribution < -0.4 is 21.5 Å². The van der Waals surface area contributed by atoms with Gasteiger partial charge in [0.15, 0.2) is 0 Å². The van der Waals surface area contributed by atoms with Gasteiger partial charge in [-0.1, -0.05) is 6.07 Å². The number of hydrogen-bond acceptors (Lipinski definition) is 4. The van der Waals surface area contributed by atoms with Crippen molar-refractivity contribution in [3.8, 4) is 5.75 Å². The first-order valence-electron chi connectivity index (χ1n) is 6.29. The molecule has 2 aromatic carbocycles. The van der Waals surface area contributed by atoms with Crippen LogP contribution in [-0.2, 0) is 0 Å². The molecule has 0 radical (unpaired) electrons. The van der Waals surface area contributed by atoms with Crippen molar-refractivity contribution in [2.45, 2.75) is 6.92 Å². The molecule has 0 unspecified atom stereocenters. The fourth-order valence-electron chi connectivity index (χ4n) is 1.82. The summed E-state index contributed by atoms with van der Waals surface area (Å²) in [7, 11) is 0. The van der Waals surface area contributed by atoms with Crippen molar-refractivity contribution in [2.75, 3.05) is 23.4 Å². The number of nitrogens with one attached hydrogen (secondary N) is 1. The van der Waals surface area contributed by atoms with E-state index in [1.54, 1.807) is 30.3 Å². The summed E-state index contributed by atoms with van der Waals surface area (Å²) >= 11 is 0. The second-order valence-corrected chi connectivity index (χ2v) is 4.26. The topological polar surface area (TPSA) is 90.4 Å². The number of ether oxygens (including phenoxy) is 1. The van der Waals surface area contributed by atoms with Gasteiger partial charge in [0.2, 0.25) is 0 Å². The van der Waals surface area contributed by atoms with Crippen LogP contribution >= 0.6 is 0 Å². The largest absolute Gasteiger partial charge is 0.494 e. The van der Waals surface area contributed by atoms with Crippen LogP contribution in [-0.4, -0.2) is 12.5 Å². The summed E-state index contributed by atoms with van der Waals surface area (Å²) in [6.07, 6.45) is 0. The van der Waals surface area contributed by atoms with Crippen molar-refractivity contribution in [1.29, 1.82) is 0 Å². The summed E-state index contributed by atoms with van der Waals surface area (Å²) in [5.41, 5.74) is 13.3. The van der Waals surface area contributed by atoms with E-state index in [1.807, 2.05) is 19.1 Å². The number of nitrogen functional groups attached to an aromatic ring is 2. The van der Waals surface area contributed by atoms with Crippen molar-refractivity contribution in [3.63, 3.8) is 0 Å². The molecule has 0 aromatic heterocycles. The van der Waals surface area contributed by atoms with Crippen molar-refractivity contribution in [2.24, 2.45) is 0 Å². The fourth-order valence-corrected chi connectivity index (χ4v) is 1.82. The number of rotatable bonds is 4. The van der Waals surface area contributed by atoms with E-state index < -0.39 is 0 Å². The van der Waals surface area contributed by atoms with E-state index in [2.05, 4.69) is 5.32 Å². The molecule has 2 rings (SSSR count). The summed E-state index contributed by atoms with van der Waals surface area (Å²) in [6.45, 7) is 2.47. The lowest BCUT2D eigenvalue weighted by Gasteiger charge is -2.09. The lowest BCUT2D eigenvalue weighted by atomic mass is 10.1. The maximum atomic E-state index is 12.1. The summed E-state index contributed by atoms with van der Waals surface area (Å²) in [5, 5.41) is 2.78. The molecule has 0 saturated heterocycles. The third-order valence-corrected chi connectivity index (χ3v) is 2.72. The summed E-state index contributed by atoms with van der Waals surface area (Å²) in [4.78, 5) is 12.1. The van der Waals surface area contributed by atoms with Gasteiger partial charge in [0.1, 0.15) is 5.75 Å². The Balaban J connectivity index is 2.17. The first-order chi connectivity index (χ1) is 9.60. The molecule has 0 atom stereocenters. The van der Waals surface area contributed by atoms with Gasteiger partial charge in [-0.3, -0.25) is 4.79 Å². The first kappa shape index (κ1) is 13.7. The second-order valence-electron chi connectivity index (χ2n) is 4.26. The van der Waals surface area contributed by atoms with E-state index in [0.29, 0.717) is 35.0 Å². The second kappa shape index (κ2) is 5.97. The molecule has 0 heterocycles. The minimum atomic E-state index is -0.281. The molecular weight excluding hydrogens is 254 g/mol. The van der Waals surface area contributed by atoms with Crippen LogP contribution in [0.15, 0.2) is 42.5 Å². The highest BCUT2D eigenvalue weighted by molar-refractivity contribution is 6.08.